The Balaban J connectivity index is 1.99. The summed E-state index contributed by atoms with van der Waals surface area (Å²) in [5.74, 6) is -0.321. The van der Waals surface area contributed by atoms with E-state index in [4.69, 9.17) is 0 Å². The van der Waals surface area contributed by atoms with Crippen LogP contribution in [0.5, 0.6) is 0 Å². The van der Waals surface area contributed by atoms with Gasteiger partial charge in [0.1, 0.15) is 20.6 Å². The van der Waals surface area contributed by atoms with Crippen molar-refractivity contribution in [3.8, 4) is 0 Å². The second-order valence-corrected chi connectivity index (χ2v) is 9.91. The van der Waals surface area contributed by atoms with Crippen molar-refractivity contribution in [2.75, 3.05) is 0 Å². The molecule has 0 fully saturated rings. The van der Waals surface area contributed by atoms with E-state index in [-0.39, 0.29) is 11.6 Å². The summed E-state index contributed by atoms with van der Waals surface area (Å²) in [6, 6.07) is 19.8. The van der Waals surface area contributed by atoms with E-state index in [0.29, 0.717) is 36.2 Å². The highest BCUT2D eigenvalue weighted by molar-refractivity contribution is 9.13. The Bertz CT molecular complexity index is 1310. The number of halogens is 4. The van der Waals surface area contributed by atoms with E-state index in [1.165, 1.54) is 0 Å². The van der Waals surface area contributed by atoms with Crippen LogP contribution in [0.25, 0.3) is 0 Å². The maximum Gasteiger partial charge on any atom is 0.211 e. The van der Waals surface area contributed by atoms with Crippen LogP contribution in [-0.4, -0.2) is 20.9 Å². The lowest BCUT2D eigenvalue weighted by atomic mass is 10.1. The number of benzene rings is 2. The van der Waals surface area contributed by atoms with Crippen LogP contribution in [0.1, 0.15) is 37.7 Å². The van der Waals surface area contributed by atoms with Crippen LogP contribution in [0, 0.1) is 6.92 Å². The van der Waals surface area contributed by atoms with E-state index < -0.39 is 0 Å². The number of aromatic nitrogens is 2. The fraction of sp³-hybridized carbons (Fsp3) is 0.0435. The average Bonchev–Trinajstić information content (AvgIpc) is 3.21. The first-order chi connectivity index (χ1) is 14.8. The Kier molecular flexibility index (Phi) is 6.53. The van der Waals surface area contributed by atoms with Crippen molar-refractivity contribution in [2.24, 2.45) is 0 Å². The molecule has 4 rings (SSSR count). The van der Waals surface area contributed by atoms with E-state index in [0.717, 1.165) is 10.0 Å². The van der Waals surface area contributed by atoms with Crippen molar-refractivity contribution in [1.29, 1.82) is 0 Å². The minimum absolute atomic E-state index is 0.153. The van der Waals surface area contributed by atoms with Crippen molar-refractivity contribution in [3.63, 3.8) is 0 Å². The number of hydrogen-bond acceptors (Lipinski definition) is 2. The Labute approximate surface area is 212 Å². The molecule has 8 heteroatoms. The van der Waals surface area contributed by atoms with E-state index in [2.05, 4.69) is 63.7 Å². The summed E-state index contributed by atoms with van der Waals surface area (Å²) in [6.07, 6.45) is 0. The van der Waals surface area contributed by atoms with Gasteiger partial charge in [0.25, 0.3) is 0 Å². The molecule has 0 saturated heterocycles. The molecule has 0 N–H and O–H groups in total. The third kappa shape index (κ3) is 3.95. The van der Waals surface area contributed by atoms with Crippen LogP contribution in [0.4, 0.5) is 0 Å². The standard InChI is InChI=1S/C23H14Br4N2O2/c1-13-18(25)23(27)29(19(13)21(31)15-10-6-3-7-11-15)28-17(12-16(24)22(28)26)20(30)14-8-4-2-5-9-14/h2-12H,1H3. The number of carbonyl (C=O) groups is 2. The Hall–Kier alpha value is -1.74. The quantitative estimate of drug-likeness (QED) is 0.208. The molecule has 0 bridgehead atoms. The molecule has 0 aliphatic heterocycles. The SMILES string of the molecule is Cc1c(Br)c(Br)n(-n2c(C(=O)c3ccccc3)cc(Br)c2Br)c1C(=O)c1ccccc1. The lowest BCUT2D eigenvalue weighted by Crippen LogP contribution is -2.22. The van der Waals surface area contributed by atoms with Gasteiger partial charge in [0.2, 0.25) is 11.6 Å². The number of ketones is 2. The van der Waals surface area contributed by atoms with Crippen LogP contribution in [0.15, 0.2) is 84.9 Å². The molecular formula is C23H14Br4N2O2. The minimum Gasteiger partial charge on any atom is -0.287 e. The summed E-state index contributed by atoms with van der Waals surface area (Å²) in [7, 11) is 0. The van der Waals surface area contributed by atoms with Crippen molar-refractivity contribution in [1.82, 2.24) is 9.35 Å². The molecule has 2 aromatic heterocycles. The third-order valence-electron chi connectivity index (χ3n) is 4.86. The largest absolute Gasteiger partial charge is 0.287 e. The van der Waals surface area contributed by atoms with Crippen LogP contribution < -0.4 is 0 Å². The monoisotopic (exact) mass is 666 g/mol. The molecule has 4 aromatic rings. The van der Waals surface area contributed by atoms with E-state index in [1.807, 2.05) is 43.3 Å². The van der Waals surface area contributed by atoms with Gasteiger partial charge in [-0.3, -0.25) is 9.59 Å². The summed E-state index contributed by atoms with van der Waals surface area (Å²) in [5.41, 5.74) is 2.71. The first-order valence-electron chi connectivity index (χ1n) is 9.16. The van der Waals surface area contributed by atoms with Gasteiger partial charge in [-0.25, -0.2) is 9.35 Å². The molecule has 0 amide bonds. The van der Waals surface area contributed by atoms with Gasteiger partial charge in [-0.15, -0.1) is 0 Å². The van der Waals surface area contributed by atoms with Gasteiger partial charge in [0.15, 0.2) is 0 Å². The van der Waals surface area contributed by atoms with Gasteiger partial charge in [-0.1, -0.05) is 60.7 Å². The van der Waals surface area contributed by atoms with Crippen molar-refractivity contribution in [2.45, 2.75) is 6.92 Å². The molecule has 0 aliphatic rings. The normalized spacial score (nSPS) is 11.0. The van der Waals surface area contributed by atoms with Gasteiger partial charge in [-0.05, 0) is 82.3 Å². The van der Waals surface area contributed by atoms with Gasteiger partial charge < -0.3 is 0 Å². The maximum atomic E-state index is 13.5. The van der Waals surface area contributed by atoms with Crippen LogP contribution in [0.3, 0.4) is 0 Å². The van der Waals surface area contributed by atoms with Crippen LogP contribution in [-0.2, 0) is 0 Å². The van der Waals surface area contributed by atoms with Gasteiger partial charge in [0, 0.05) is 11.1 Å². The highest BCUT2D eigenvalue weighted by atomic mass is 79.9. The molecule has 4 nitrogen and oxygen atoms in total. The third-order valence-corrected chi connectivity index (χ3v) is 8.99. The first-order valence-corrected chi connectivity index (χ1v) is 12.3. The molecule has 0 saturated carbocycles. The van der Waals surface area contributed by atoms with Crippen molar-refractivity contribution in [3.05, 3.63) is 113 Å². The molecule has 2 heterocycles. The summed E-state index contributed by atoms with van der Waals surface area (Å²) in [4.78, 5) is 26.9. The second kappa shape index (κ2) is 9.02. The van der Waals surface area contributed by atoms with E-state index in [1.54, 1.807) is 39.7 Å². The molecule has 0 atom stereocenters. The fourth-order valence-electron chi connectivity index (χ4n) is 3.33. The average molecular weight is 670 g/mol. The summed E-state index contributed by atoms with van der Waals surface area (Å²) >= 11 is 14.3. The summed E-state index contributed by atoms with van der Waals surface area (Å²) < 4.78 is 6.06. The zero-order valence-electron chi connectivity index (χ0n) is 16.1. The zero-order chi connectivity index (χ0) is 22.3. The van der Waals surface area contributed by atoms with Gasteiger partial charge >= 0.3 is 0 Å². The number of carbonyl (C=O) groups excluding carboxylic acids is 2. The molecule has 0 aliphatic carbocycles. The molecular weight excluding hydrogens is 656 g/mol. The second-order valence-electron chi connectivity index (χ2n) is 6.76. The molecule has 0 unspecified atom stereocenters. The lowest BCUT2D eigenvalue weighted by molar-refractivity contribution is 0.101. The zero-order valence-corrected chi connectivity index (χ0v) is 22.4. The Morgan fingerprint density at radius 3 is 1.77 bits per heavy atom. The highest BCUT2D eigenvalue weighted by Gasteiger charge is 2.29. The number of rotatable bonds is 5. The van der Waals surface area contributed by atoms with Crippen molar-refractivity contribution >= 4 is 75.3 Å². The predicted octanol–water partition coefficient (Wildman–Crippen LogP) is 7.42. The molecule has 156 valence electrons. The Morgan fingerprint density at radius 2 is 1.23 bits per heavy atom. The van der Waals surface area contributed by atoms with E-state index in [9.17, 15) is 9.59 Å². The minimum atomic E-state index is -0.167. The lowest BCUT2D eigenvalue weighted by Gasteiger charge is -2.17. The first kappa shape index (κ1) is 22.5. The fourth-order valence-corrected chi connectivity index (χ4v) is 5.17. The molecule has 0 radical (unpaired) electrons. The van der Waals surface area contributed by atoms with Crippen molar-refractivity contribution < 1.29 is 9.59 Å². The summed E-state index contributed by atoms with van der Waals surface area (Å²) in [6.45, 7) is 1.87. The maximum absolute atomic E-state index is 13.5. The van der Waals surface area contributed by atoms with Crippen LogP contribution in [0.2, 0.25) is 0 Å². The number of hydrogen-bond donors (Lipinski definition) is 0. The Morgan fingerprint density at radius 1 is 0.710 bits per heavy atom. The molecule has 31 heavy (non-hydrogen) atoms. The van der Waals surface area contributed by atoms with Crippen LogP contribution >= 0.6 is 63.7 Å². The summed E-state index contributed by atoms with van der Waals surface area (Å²) in [5, 5.41) is 0. The predicted molar refractivity (Wildman–Crippen MR) is 135 cm³/mol. The topological polar surface area (TPSA) is 44.0 Å². The number of nitrogens with zero attached hydrogens (tertiary/aromatic N) is 2. The highest BCUT2D eigenvalue weighted by Crippen LogP contribution is 2.37. The smallest absolute Gasteiger partial charge is 0.211 e. The van der Waals surface area contributed by atoms with Gasteiger partial charge in [-0.2, -0.15) is 0 Å². The molecule has 0 spiro atoms. The molecule has 2 aromatic carbocycles. The van der Waals surface area contributed by atoms with E-state index >= 15 is 0 Å². The van der Waals surface area contributed by atoms with Gasteiger partial charge in [0.05, 0.1) is 8.95 Å².